The molecule has 2 rings (SSSR count). The molecule has 1 unspecified atom stereocenters. The van der Waals surface area contributed by atoms with E-state index in [1.807, 2.05) is 55.5 Å². The lowest BCUT2D eigenvalue weighted by molar-refractivity contribution is -0.121. The van der Waals surface area contributed by atoms with Gasteiger partial charge >= 0.3 is 0 Å². The minimum Gasteiger partial charge on any atom is -0.497 e. The summed E-state index contributed by atoms with van der Waals surface area (Å²) >= 11 is 0. The first-order chi connectivity index (χ1) is 11.6. The molecule has 0 heterocycles. The predicted molar refractivity (Wildman–Crippen MR) is 95.1 cm³/mol. The summed E-state index contributed by atoms with van der Waals surface area (Å²) in [5, 5.41) is 12.0. The lowest BCUT2D eigenvalue weighted by Gasteiger charge is -2.13. The van der Waals surface area contributed by atoms with E-state index in [1.165, 1.54) is 0 Å². The third-order valence-electron chi connectivity index (χ3n) is 4.10. The summed E-state index contributed by atoms with van der Waals surface area (Å²) in [5.74, 6) is 1.01. The first-order valence-electron chi connectivity index (χ1n) is 8.21. The van der Waals surface area contributed by atoms with Crippen molar-refractivity contribution in [2.24, 2.45) is 0 Å². The summed E-state index contributed by atoms with van der Waals surface area (Å²) in [5.41, 5.74) is 3.15. The topological polar surface area (TPSA) is 58.6 Å². The second-order valence-electron chi connectivity index (χ2n) is 5.96. The SMILES string of the molecule is COc1cccc(C(C)CC(=O)NCCc2ccc(CO)cc2)c1. The maximum Gasteiger partial charge on any atom is 0.220 e. The lowest BCUT2D eigenvalue weighted by atomic mass is 9.97. The van der Waals surface area contributed by atoms with Crippen LogP contribution in [0, 0.1) is 0 Å². The van der Waals surface area contributed by atoms with Crippen LogP contribution in [0.2, 0.25) is 0 Å². The normalized spacial score (nSPS) is 11.8. The van der Waals surface area contributed by atoms with Crippen LogP contribution in [-0.2, 0) is 17.8 Å². The van der Waals surface area contributed by atoms with Gasteiger partial charge in [0.25, 0.3) is 0 Å². The molecule has 2 aromatic rings. The van der Waals surface area contributed by atoms with Crippen molar-refractivity contribution in [3.8, 4) is 5.75 Å². The van der Waals surface area contributed by atoms with E-state index in [0.29, 0.717) is 13.0 Å². The average molecular weight is 327 g/mol. The van der Waals surface area contributed by atoms with Gasteiger partial charge in [-0.3, -0.25) is 4.79 Å². The summed E-state index contributed by atoms with van der Waals surface area (Å²) < 4.78 is 5.22. The Hall–Kier alpha value is -2.33. The van der Waals surface area contributed by atoms with Crippen LogP contribution in [0.4, 0.5) is 0 Å². The van der Waals surface area contributed by atoms with Gasteiger partial charge in [-0.2, -0.15) is 0 Å². The number of benzene rings is 2. The molecule has 1 amide bonds. The van der Waals surface area contributed by atoms with Crippen molar-refractivity contribution in [1.29, 1.82) is 0 Å². The number of carbonyl (C=O) groups is 1. The summed E-state index contributed by atoms with van der Waals surface area (Å²) in [6.07, 6.45) is 1.24. The smallest absolute Gasteiger partial charge is 0.220 e. The number of rotatable bonds is 8. The van der Waals surface area contributed by atoms with Crippen LogP contribution in [0.25, 0.3) is 0 Å². The van der Waals surface area contributed by atoms with Crippen LogP contribution < -0.4 is 10.1 Å². The maximum absolute atomic E-state index is 12.1. The van der Waals surface area contributed by atoms with Crippen molar-refractivity contribution >= 4 is 5.91 Å². The largest absolute Gasteiger partial charge is 0.497 e. The zero-order valence-electron chi connectivity index (χ0n) is 14.3. The quantitative estimate of drug-likeness (QED) is 0.783. The summed E-state index contributed by atoms with van der Waals surface area (Å²) in [4.78, 5) is 12.1. The van der Waals surface area contributed by atoms with Crippen molar-refractivity contribution in [3.63, 3.8) is 0 Å². The fourth-order valence-electron chi connectivity index (χ4n) is 2.57. The van der Waals surface area contributed by atoms with Crippen LogP contribution in [-0.4, -0.2) is 24.7 Å². The Labute approximate surface area is 143 Å². The molecule has 24 heavy (non-hydrogen) atoms. The highest BCUT2D eigenvalue weighted by Gasteiger charge is 2.11. The van der Waals surface area contributed by atoms with E-state index in [-0.39, 0.29) is 18.4 Å². The van der Waals surface area contributed by atoms with Crippen LogP contribution in [0.5, 0.6) is 5.75 Å². The van der Waals surface area contributed by atoms with Gasteiger partial charge in [-0.05, 0) is 41.2 Å². The molecule has 0 aromatic heterocycles. The number of nitrogens with one attached hydrogen (secondary N) is 1. The summed E-state index contributed by atoms with van der Waals surface area (Å²) in [6, 6.07) is 15.6. The first kappa shape index (κ1) is 18.0. The zero-order valence-corrected chi connectivity index (χ0v) is 14.3. The Morgan fingerprint density at radius 2 is 1.88 bits per heavy atom. The highest BCUT2D eigenvalue weighted by Crippen LogP contribution is 2.22. The van der Waals surface area contributed by atoms with Crippen molar-refractivity contribution in [2.75, 3.05) is 13.7 Å². The molecule has 128 valence electrons. The second-order valence-corrected chi connectivity index (χ2v) is 5.96. The third-order valence-corrected chi connectivity index (χ3v) is 4.10. The van der Waals surface area contributed by atoms with Gasteiger partial charge in [0.05, 0.1) is 13.7 Å². The van der Waals surface area contributed by atoms with Gasteiger partial charge in [-0.1, -0.05) is 43.3 Å². The van der Waals surface area contributed by atoms with E-state index in [2.05, 4.69) is 5.32 Å². The fourth-order valence-corrected chi connectivity index (χ4v) is 2.57. The molecule has 4 heteroatoms. The number of amides is 1. The van der Waals surface area contributed by atoms with E-state index < -0.39 is 0 Å². The predicted octanol–water partition coefficient (Wildman–Crippen LogP) is 3.04. The number of carbonyl (C=O) groups excluding carboxylic acids is 1. The van der Waals surface area contributed by atoms with Gasteiger partial charge in [0, 0.05) is 13.0 Å². The van der Waals surface area contributed by atoms with Gasteiger partial charge in [0.2, 0.25) is 5.91 Å². The Kier molecular flexibility index (Phi) is 6.82. The van der Waals surface area contributed by atoms with E-state index >= 15 is 0 Å². The monoisotopic (exact) mass is 327 g/mol. The molecule has 4 nitrogen and oxygen atoms in total. The standard InChI is InChI=1S/C20H25NO3/c1-15(18-4-3-5-19(13-18)24-2)12-20(23)21-11-10-16-6-8-17(14-22)9-7-16/h3-9,13,15,22H,10-12,14H2,1-2H3,(H,21,23). The molecule has 0 saturated carbocycles. The minimum atomic E-state index is 0.0531. The highest BCUT2D eigenvalue weighted by molar-refractivity contribution is 5.76. The fraction of sp³-hybridized carbons (Fsp3) is 0.350. The van der Waals surface area contributed by atoms with Gasteiger partial charge in [-0.15, -0.1) is 0 Å². The van der Waals surface area contributed by atoms with Gasteiger partial charge < -0.3 is 15.2 Å². The number of aliphatic hydroxyl groups is 1. The van der Waals surface area contributed by atoms with E-state index in [9.17, 15) is 4.79 Å². The summed E-state index contributed by atoms with van der Waals surface area (Å²) in [6.45, 7) is 2.71. The van der Waals surface area contributed by atoms with Gasteiger partial charge in [0.1, 0.15) is 5.75 Å². The molecule has 0 fully saturated rings. The molecule has 0 saturated heterocycles. The summed E-state index contributed by atoms with van der Waals surface area (Å²) in [7, 11) is 1.64. The molecule has 2 N–H and O–H groups in total. The number of ether oxygens (including phenoxy) is 1. The Balaban J connectivity index is 1.77. The van der Waals surface area contributed by atoms with Crippen molar-refractivity contribution in [2.45, 2.75) is 32.3 Å². The van der Waals surface area contributed by atoms with Gasteiger partial charge in [-0.25, -0.2) is 0 Å². The van der Waals surface area contributed by atoms with Gasteiger partial charge in [0.15, 0.2) is 0 Å². The zero-order chi connectivity index (χ0) is 17.4. The molecule has 0 spiro atoms. The lowest BCUT2D eigenvalue weighted by Crippen LogP contribution is -2.26. The number of hydrogen-bond donors (Lipinski definition) is 2. The molecule has 2 aromatic carbocycles. The molecule has 0 bridgehead atoms. The maximum atomic E-state index is 12.1. The second kappa shape index (κ2) is 9.08. The molecule has 1 atom stereocenters. The molecular formula is C20H25NO3. The first-order valence-corrected chi connectivity index (χ1v) is 8.21. The molecular weight excluding hydrogens is 302 g/mol. The van der Waals surface area contributed by atoms with E-state index in [1.54, 1.807) is 7.11 Å². The van der Waals surface area contributed by atoms with E-state index in [4.69, 9.17) is 9.84 Å². The number of aliphatic hydroxyl groups excluding tert-OH is 1. The Bertz CT molecular complexity index is 652. The average Bonchev–Trinajstić information content (AvgIpc) is 2.62. The molecule has 0 radical (unpaired) electrons. The van der Waals surface area contributed by atoms with Crippen molar-refractivity contribution < 1.29 is 14.6 Å². The van der Waals surface area contributed by atoms with Crippen LogP contribution in [0.15, 0.2) is 48.5 Å². The molecule has 0 aliphatic carbocycles. The molecule has 0 aliphatic rings. The Morgan fingerprint density at radius 3 is 2.54 bits per heavy atom. The van der Waals surface area contributed by atoms with Crippen LogP contribution >= 0.6 is 0 Å². The van der Waals surface area contributed by atoms with Crippen LogP contribution in [0.3, 0.4) is 0 Å². The van der Waals surface area contributed by atoms with Crippen molar-refractivity contribution in [1.82, 2.24) is 5.32 Å². The van der Waals surface area contributed by atoms with Crippen LogP contribution in [0.1, 0.15) is 36.0 Å². The Morgan fingerprint density at radius 1 is 1.17 bits per heavy atom. The number of hydrogen-bond acceptors (Lipinski definition) is 3. The minimum absolute atomic E-state index is 0.0531. The molecule has 0 aliphatic heterocycles. The highest BCUT2D eigenvalue weighted by atomic mass is 16.5. The van der Waals surface area contributed by atoms with E-state index in [0.717, 1.165) is 28.9 Å². The van der Waals surface area contributed by atoms with Crippen molar-refractivity contribution in [3.05, 3.63) is 65.2 Å². The third kappa shape index (κ3) is 5.39. The number of methoxy groups -OCH3 is 1.